The van der Waals surface area contributed by atoms with Gasteiger partial charge in [0.2, 0.25) is 11.8 Å². The summed E-state index contributed by atoms with van der Waals surface area (Å²) in [5.41, 5.74) is 2.78. The molecule has 2 amide bonds. The summed E-state index contributed by atoms with van der Waals surface area (Å²) in [6.45, 7) is 4.25. The lowest BCUT2D eigenvalue weighted by Crippen LogP contribution is -2.28. The first-order valence-corrected chi connectivity index (χ1v) is 8.54. The van der Waals surface area contributed by atoms with Crippen LogP contribution in [0.1, 0.15) is 17.5 Å². The molecule has 1 aliphatic heterocycles. The lowest BCUT2D eigenvalue weighted by Gasteiger charge is -2.18. The van der Waals surface area contributed by atoms with Gasteiger partial charge in [-0.05, 0) is 49.2 Å². The number of nitrogens with one attached hydrogen (secondary N) is 1. The fourth-order valence-corrected chi connectivity index (χ4v) is 3.01. The molecule has 0 aliphatic carbocycles. The summed E-state index contributed by atoms with van der Waals surface area (Å²) < 4.78 is 0.998. The van der Waals surface area contributed by atoms with E-state index in [1.807, 2.05) is 44.2 Å². The van der Waals surface area contributed by atoms with Crippen LogP contribution in [0.3, 0.4) is 0 Å². The van der Waals surface area contributed by atoms with Crippen LogP contribution in [0.25, 0.3) is 0 Å². The van der Waals surface area contributed by atoms with Gasteiger partial charge in [0.05, 0.1) is 5.92 Å². The molecule has 0 bridgehead atoms. The number of aromatic nitrogens is 1. The molecule has 1 aliphatic rings. The molecular formula is C18H18BrN3O2. The molecule has 5 nitrogen and oxygen atoms in total. The molecular weight excluding hydrogens is 370 g/mol. The van der Waals surface area contributed by atoms with Crippen molar-refractivity contribution in [1.29, 1.82) is 0 Å². The van der Waals surface area contributed by atoms with Gasteiger partial charge in [-0.2, -0.15) is 0 Å². The molecule has 1 aromatic carbocycles. The molecule has 0 unspecified atom stereocenters. The number of carbonyl (C=O) groups is 2. The van der Waals surface area contributed by atoms with Crippen LogP contribution >= 0.6 is 15.9 Å². The Bertz CT molecular complexity index is 807. The number of hydrogen-bond acceptors (Lipinski definition) is 3. The Morgan fingerprint density at radius 3 is 2.79 bits per heavy atom. The molecule has 1 aromatic heterocycles. The third-order valence-corrected chi connectivity index (χ3v) is 5.09. The van der Waals surface area contributed by atoms with Crippen LogP contribution in [0.5, 0.6) is 0 Å². The van der Waals surface area contributed by atoms with Crippen LogP contribution < -0.4 is 10.2 Å². The standard InChI is InChI=1S/C18H18BrN3O2/c1-11-4-3-7-20-17(11)21-18(24)13-9-16(23)22(10-13)14-5-6-15(19)12(2)8-14/h3-8,13H,9-10H2,1-2H3,(H,20,21,24)/t13-/m1/s1. The van der Waals surface area contributed by atoms with Crippen LogP contribution in [0.15, 0.2) is 41.0 Å². The Kier molecular flexibility index (Phi) is 4.66. The van der Waals surface area contributed by atoms with Gasteiger partial charge in [0.15, 0.2) is 0 Å². The van der Waals surface area contributed by atoms with E-state index in [1.54, 1.807) is 11.1 Å². The van der Waals surface area contributed by atoms with E-state index in [-0.39, 0.29) is 24.2 Å². The minimum Gasteiger partial charge on any atom is -0.312 e. The normalized spacial score (nSPS) is 17.2. The maximum Gasteiger partial charge on any atom is 0.230 e. The molecule has 0 saturated carbocycles. The van der Waals surface area contributed by atoms with Crippen LogP contribution in [0.4, 0.5) is 11.5 Å². The zero-order valence-corrected chi connectivity index (χ0v) is 15.1. The zero-order chi connectivity index (χ0) is 17.3. The molecule has 1 saturated heterocycles. The lowest BCUT2D eigenvalue weighted by molar-refractivity contribution is -0.122. The number of anilines is 2. The van der Waals surface area contributed by atoms with E-state index in [0.29, 0.717) is 12.4 Å². The summed E-state index contributed by atoms with van der Waals surface area (Å²) in [4.78, 5) is 30.6. The molecule has 1 atom stereocenters. The van der Waals surface area contributed by atoms with Crippen molar-refractivity contribution in [3.63, 3.8) is 0 Å². The summed E-state index contributed by atoms with van der Waals surface area (Å²) in [5.74, 6) is -0.0214. The average Bonchev–Trinajstić information content (AvgIpc) is 2.94. The van der Waals surface area contributed by atoms with Crippen LogP contribution in [0.2, 0.25) is 0 Å². The fourth-order valence-electron chi connectivity index (χ4n) is 2.76. The molecule has 124 valence electrons. The Balaban J connectivity index is 1.73. The van der Waals surface area contributed by atoms with Gasteiger partial charge in [-0.15, -0.1) is 0 Å². The topological polar surface area (TPSA) is 62.3 Å². The van der Waals surface area contributed by atoms with Gasteiger partial charge in [-0.25, -0.2) is 4.98 Å². The highest BCUT2D eigenvalue weighted by Crippen LogP contribution is 2.29. The molecule has 2 aromatic rings. The minimum atomic E-state index is -0.372. The van der Waals surface area contributed by atoms with Crippen molar-refractivity contribution < 1.29 is 9.59 Å². The van der Waals surface area contributed by atoms with Crippen LogP contribution in [-0.4, -0.2) is 23.3 Å². The highest BCUT2D eigenvalue weighted by atomic mass is 79.9. The van der Waals surface area contributed by atoms with E-state index in [0.717, 1.165) is 21.3 Å². The molecule has 1 fully saturated rings. The monoisotopic (exact) mass is 387 g/mol. The summed E-state index contributed by atoms with van der Waals surface area (Å²) in [5, 5.41) is 2.83. The summed E-state index contributed by atoms with van der Waals surface area (Å²) in [6, 6.07) is 9.47. The number of amides is 2. The van der Waals surface area contributed by atoms with Crippen molar-refractivity contribution in [2.24, 2.45) is 5.92 Å². The quantitative estimate of drug-likeness (QED) is 0.876. The van der Waals surface area contributed by atoms with Crippen LogP contribution in [-0.2, 0) is 9.59 Å². The van der Waals surface area contributed by atoms with Gasteiger partial charge < -0.3 is 10.2 Å². The summed E-state index contributed by atoms with van der Waals surface area (Å²) in [6.07, 6.45) is 1.85. The molecule has 0 spiro atoms. The predicted molar refractivity (Wildman–Crippen MR) is 96.9 cm³/mol. The van der Waals surface area contributed by atoms with E-state index in [2.05, 4.69) is 26.2 Å². The Hall–Kier alpha value is -2.21. The van der Waals surface area contributed by atoms with E-state index >= 15 is 0 Å². The molecule has 6 heteroatoms. The molecule has 1 N–H and O–H groups in total. The third kappa shape index (κ3) is 3.33. The second kappa shape index (κ2) is 6.73. The first kappa shape index (κ1) is 16.6. The smallest absolute Gasteiger partial charge is 0.230 e. The number of rotatable bonds is 3. The number of nitrogens with zero attached hydrogens (tertiary/aromatic N) is 2. The molecule has 0 radical (unpaired) electrons. The second-order valence-corrected chi connectivity index (χ2v) is 6.85. The lowest BCUT2D eigenvalue weighted by atomic mass is 10.1. The summed E-state index contributed by atoms with van der Waals surface area (Å²) >= 11 is 3.46. The van der Waals surface area contributed by atoms with Crippen LogP contribution in [0, 0.1) is 19.8 Å². The Morgan fingerprint density at radius 1 is 1.29 bits per heavy atom. The number of aryl methyl sites for hydroxylation is 2. The van der Waals surface area contributed by atoms with Gasteiger partial charge in [0, 0.05) is 29.3 Å². The number of benzene rings is 1. The highest BCUT2D eigenvalue weighted by molar-refractivity contribution is 9.10. The molecule has 2 heterocycles. The van der Waals surface area contributed by atoms with Crippen molar-refractivity contribution in [2.45, 2.75) is 20.3 Å². The van der Waals surface area contributed by atoms with E-state index in [4.69, 9.17) is 0 Å². The number of hydrogen-bond donors (Lipinski definition) is 1. The van der Waals surface area contributed by atoms with Gasteiger partial charge in [0.1, 0.15) is 5.82 Å². The van der Waals surface area contributed by atoms with Crippen molar-refractivity contribution >= 4 is 39.2 Å². The van der Waals surface area contributed by atoms with Crippen molar-refractivity contribution in [3.05, 3.63) is 52.1 Å². The zero-order valence-electron chi connectivity index (χ0n) is 13.5. The Labute approximate surface area is 149 Å². The average molecular weight is 388 g/mol. The molecule has 3 rings (SSSR count). The third-order valence-electron chi connectivity index (χ3n) is 4.20. The highest BCUT2D eigenvalue weighted by Gasteiger charge is 2.35. The Morgan fingerprint density at radius 2 is 2.08 bits per heavy atom. The number of pyridine rings is 1. The van der Waals surface area contributed by atoms with Gasteiger partial charge >= 0.3 is 0 Å². The van der Waals surface area contributed by atoms with Gasteiger partial charge in [0.25, 0.3) is 0 Å². The number of halogens is 1. The van der Waals surface area contributed by atoms with Gasteiger partial charge in [-0.3, -0.25) is 9.59 Å². The van der Waals surface area contributed by atoms with Gasteiger partial charge in [-0.1, -0.05) is 22.0 Å². The van der Waals surface area contributed by atoms with E-state index in [9.17, 15) is 9.59 Å². The predicted octanol–water partition coefficient (Wildman–Crippen LogP) is 3.45. The van der Waals surface area contributed by atoms with Crippen molar-refractivity contribution in [2.75, 3.05) is 16.8 Å². The molecule has 24 heavy (non-hydrogen) atoms. The maximum absolute atomic E-state index is 12.5. The van der Waals surface area contributed by atoms with Crippen molar-refractivity contribution in [3.8, 4) is 0 Å². The van der Waals surface area contributed by atoms with E-state index in [1.165, 1.54) is 0 Å². The first-order valence-electron chi connectivity index (χ1n) is 7.74. The minimum absolute atomic E-state index is 0.0328. The maximum atomic E-state index is 12.5. The summed E-state index contributed by atoms with van der Waals surface area (Å²) in [7, 11) is 0. The second-order valence-electron chi connectivity index (χ2n) is 6.00. The van der Waals surface area contributed by atoms with Crippen molar-refractivity contribution in [1.82, 2.24) is 4.98 Å². The fraction of sp³-hybridized carbons (Fsp3) is 0.278. The SMILES string of the molecule is Cc1cc(N2C[C@H](C(=O)Nc3ncccc3C)CC2=O)ccc1Br. The number of carbonyl (C=O) groups excluding carboxylic acids is 2. The largest absolute Gasteiger partial charge is 0.312 e. The van der Waals surface area contributed by atoms with E-state index < -0.39 is 0 Å². The first-order chi connectivity index (χ1) is 11.5.